The summed E-state index contributed by atoms with van der Waals surface area (Å²) >= 11 is 0. The highest BCUT2D eigenvalue weighted by molar-refractivity contribution is 5.70. The zero-order valence-electron chi connectivity index (χ0n) is 12.4. The SMILES string of the molecule is COC(CN1CCC2(CC1)CNC(=O)O2)c1ccccc1. The molecule has 2 heterocycles. The van der Waals surface area contributed by atoms with E-state index < -0.39 is 0 Å². The fraction of sp³-hybridized carbons (Fsp3) is 0.562. The summed E-state index contributed by atoms with van der Waals surface area (Å²) in [5.74, 6) is 0. The number of amides is 1. The number of hydrogen-bond acceptors (Lipinski definition) is 4. The standard InChI is InChI=1S/C16H22N2O3/c1-20-14(13-5-3-2-4-6-13)11-18-9-7-16(8-10-18)12-17-15(19)21-16/h2-6,14H,7-12H2,1H3,(H,17,19). The molecule has 1 unspecified atom stereocenters. The molecular formula is C16H22N2O3. The highest BCUT2D eigenvalue weighted by Crippen LogP contribution is 2.30. The summed E-state index contributed by atoms with van der Waals surface area (Å²) in [6, 6.07) is 10.3. The first-order valence-corrected chi connectivity index (χ1v) is 7.48. The molecule has 1 spiro atoms. The third-order valence-corrected chi connectivity index (χ3v) is 4.51. The van der Waals surface area contributed by atoms with Crippen molar-refractivity contribution in [3.63, 3.8) is 0 Å². The molecule has 5 heteroatoms. The number of carbonyl (C=O) groups is 1. The van der Waals surface area contributed by atoms with Crippen LogP contribution in [0.15, 0.2) is 30.3 Å². The summed E-state index contributed by atoms with van der Waals surface area (Å²) in [6.07, 6.45) is 1.58. The van der Waals surface area contributed by atoms with E-state index in [-0.39, 0.29) is 17.8 Å². The molecule has 21 heavy (non-hydrogen) atoms. The van der Waals surface area contributed by atoms with Crippen molar-refractivity contribution in [2.45, 2.75) is 24.5 Å². The van der Waals surface area contributed by atoms with Crippen molar-refractivity contribution in [2.75, 3.05) is 33.3 Å². The summed E-state index contributed by atoms with van der Waals surface area (Å²) in [5, 5.41) is 2.77. The molecule has 5 nitrogen and oxygen atoms in total. The predicted octanol–water partition coefficient (Wildman–Crippen LogP) is 1.95. The lowest BCUT2D eigenvalue weighted by Crippen LogP contribution is -2.47. The molecule has 0 radical (unpaired) electrons. The van der Waals surface area contributed by atoms with Gasteiger partial charge in [0.1, 0.15) is 5.60 Å². The van der Waals surface area contributed by atoms with Crippen LogP contribution in [0.2, 0.25) is 0 Å². The van der Waals surface area contributed by atoms with Gasteiger partial charge in [-0.25, -0.2) is 4.79 Å². The number of nitrogens with one attached hydrogen (secondary N) is 1. The van der Waals surface area contributed by atoms with E-state index in [2.05, 4.69) is 22.3 Å². The monoisotopic (exact) mass is 290 g/mol. The number of likely N-dealkylation sites (tertiary alicyclic amines) is 1. The Bertz CT molecular complexity index is 484. The van der Waals surface area contributed by atoms with Crippen LogP contribution in [0.5, 0.6) is 0 Å². The van der Waals surface area contributed by atoms with Gasteiger partial charge in [-0.05, 0) is 5.56 Å². The number of ether oxygens (including phenoxy) is 2. The molecular weight excluding hydrogens is 268 g/mol. The van der Waals surface area contributed by atoms with Gasteiger partial charge >= 0.3 is 6.09 Å². The average Bonchev–Trinajstić information content (AvgIpc) is 2.88. The highest BCUT2D eigenvalue weighted by atomic mass is 16.6. The van der Waals surface area contributed by atoms with Crippen LogP contribution in [0.3, 0.4) is 0 Å². The number of methoxy groups -OCH3 is 1. The molecule has 1 atom stereocenters. The number of benzene rings is 1. The largest absolute Gasteiger partial charge is 0.441 e. The van der Waals surface area contributed by atoms with E-state index in [0.29, 0.717) is 6.54 Å². The van der Waals surface area contributed by atoms with Gasteiger partial charge in [-0.15, -0.1) is 0 Å². The maximum Gasteiger partial charge on any atom is 0.407 e. The molecule has 2 fully saturated rings. The van der Waals surface area contributed by atoms with Crippen molar-refractivity contribution in [3.05, 3.63) is 35.9 Å². The number of carbonyl (C=O) groups excluding carboxylic acids is 1. The molecule has 114 valence electrons. The molecule has 3 rings (SSSR count). The van der Waals surface area contributed by atoms with E-state index in [1.165, 1.54) is 5.56 Å². The summed E-state index contributed by atoms with van der Waals surface area (Å²) in [7, 11) is 1.76. The maximum atomic E-state index is 11.2. The topological polar surface area (TPSA) is 50.8 Å². The lowest BCUT2D eigenvalue weighted by molar-refractivity contribution is -0.0155. The van der Waals surface area contributed by atoms with Gasteiger partial charge in [0.05, 0.1) is 12.6 Å². The van der Waals surface area contributed by atoms with Crippen molar-refractivity contribution in [2.24, 2.45) is 0 Å². The van der Waals surface area contributed by atoms with E-state index >= 15 is 0 Å². The number of alkyl carbamates (subject to hydrolysis) is 1. The molecule has 0 saturated carbocycles. The van der Waals surface area contributed by atoms with Gasteiger partial charge in [0, 0.05) is 39.6 Å². The lowest BCUT2D eigenvalue weighted by Gasteiger charge is -2.38. The molecule has 2 saturated heterocycles. The second kappa shape index (κ2) is 6.03. The maximum absolute atomic E-state index is 11.2. The van der Waals surface area contributed by atoms with Gasteiger partial charge < -0.3 is 19.7 Å². The van der Waals surface area contributed by atoms with E-state index in [1.807, 2.05) is 18.2 Å². The van der Waals surface area contributed by atoms with Crippen LogP contribution in [0, 0.1) is 0 Å². The van der Waals surface area contributed by atoms with Crippen LogP contribution in [0.25, 0.3) is 0 Å². The second-order valence-electron chi connectivity index (χ2n) is 5.86. The Hall–Kier alpha value is -1.59. The number of piperidine rings is 1. The van der Waals surface area contributed by atoms with Crippen LogP contribution >= 0.6 is 0 Å². The normalized spacial score (nSPS) is 22.8. The molecule has 0 bridgehead atoms. The van der Waals surface area contributed by atoms with Gasteiger partial charge in [0.25, 0.3) is 0 Å². The van der Waals surface area contributed by atoms with Crippen LogP contribution in [-0.2, 0) is 9.47 Å². The molecule has 0 aromatic heterocycles. The summed E-state index contributed by atoms with van der Waals surface area (Å²) in [6.45, 7) is 3.38. The second-order valence-corrected chi connectivity index (χ2v) is 5.86. The van der Waals surface area contributed by atoms with E-state index in [0.717, 1.165) is 32.5 Å². The van der Waals surface area contributed by atoms with Crippen LogP contribution < -0.4 is 5.32 Å². The van der Waals surface area contributed by atoms with Gasteiger partial charge in [-0.1, -0.05) is 30.3 Å². The summed E-state index contributed by atoms with van der Waals surface area (Å²) < 4.78 is 11.1. The third kappa shape index (κ3) is 3.19. The molecule has 2 aliphatic rings. The van der Waals surface area contributed by atoms with Crippen molar-refractivity contribution in [1.29, 1.82) is 0 Å². The smallest absolute Gasteiger partial charge is 0.407 e. The van der Waals surface area contributed by atoms with Crippen molar-refractivity contribution >= 4 is 6.09 Å². The molecule has 1 aromatic carbocycles. The van der Waals surface area contributed by atoms with Crippen LogP contribution in [-0.4, -0.2) is 49.9 Å². The Balaban J connectivity index is 1.56. The average molecular weight is 290 g/mol. The van der Waals surface area contributed by atoms with E-state index in [1.54, 1.807) is 7.11 Å². The molecule has 1 aromatic rings. The van der Waals surface area contributed by atoms with Gasteiger partial charge in [0.15, 0.2) is 0 Å². The van der Waals surface area contributed by atoms with Gasteiger partial charge in [-0.2, -0.15) is 0 Å². The zero-order valence-corrected chi connectivity index (χ0v) is 12.4. The highest BCUT2D eigenvalue weighted by Gasteiger charge is 2.42. The van der Waals surface area contributed by atoms with Crippen LogP contribution in [0.4, 0.5) is 4.79 Å². The number of nitrogens with zero attached hydrogens (tertiary/aromatic N) is 1. The van der Waals surface area contributed by atoms with Gasteiger partial charge in [-0.3, -0.25) is 0 Å². The number of rotatable bonds is 4. The Kier molecular flexibility index (Phi) is 4.12. The Morgan fingerprint density at radius 3 is 2.62 bits per heavy atom. The first kappa shape index (κ1) is 14.4. The number of hydrogen-bond donors (Lipinski definition) is 1. The summed E-state index contributed by atoms with van der Waals surface area (Å²) in [5.41, 5.74) is 0.928. The van der Waals surface area contributed by atoms with Crippen molar-refractivity contribution < 1.29 is 14.3 Å². The van der Waals surface area contributed by atoms with Crippen molar-refractivity contribution in [3.8, 4) is 0 Å². The predicted molar refractivity (Wildman–Crippen MR) is 79.1 cm³/mol. The van der Waals surface area contributed by atoms with E-state index in [9.17, 15) is 4.79 Å². The molecule has 2 aliphatic heterocycles. The quantitative estimate of drug-likeness (QED) is 0.921. The van der Waals surface area contributed by atoms with Crippen LogP contribution in [0.1, 0.15) is 24.5 Å². The minimum atomic E-state index is -0.275. The Morgan fingerprint density at radius 2 is 2.05 bits per heavy atom. The van der Waals surface area contributed by atoms with Crippen molar-refractivity contribution in [1.82, 2.24) is 10.2 Å². The minimum Gasteiger partial charge on any atom is -0.441 e. The van der Waals surface area contributed by atoms with E-state index in [4.69, 9.17) is 9.47 Å². The molecule has 1 N–H and O–H groups in total. The molecule has 1 amide bonds. The molecule has 0 aliphatic carbocycles. The zero-order chi connectivity index (χ0) is 14.7. The van der Waals surface area contributed by atoms with Gasteiger partial charge in [0.2, 0.25) is 0 Å². The fourth-order valence-electron chi connectivity index (χ4n) is 3.14. The Labute approximate surface area is 125 Å². The summed E-state index contributed by atoms with van der Waals surface area (Å²) in [4.78, 5) is 13.6. The third-order valence-electron chi connectivity index (χ3n) is 4.51. The fourth-order valence-corrected chi connectivity index (χ4v) is 3.14. The Morgan fingerprint density at radius 1 is 1.33 bits per heavy atom. The first-order valence-electron chi connectivity index (χ1n) is 7.48. The lowest BCUT2D eigenvalue weighted by atomic mass is 9.91. The first-order chi connectivity index (χ1) is 10.2. The minimum absolute atomic E-state index is 0.0875.